The normalized spacial score (nSPS) is 10.3. The van der Waals surface area contributed by atoms with Crippen molar-refractivity contribution in [2.24, 2.45) is 0 Å². The number of nitrogens with one attached hydrogen (secondary N) is 2. The molecular formula is C21H21FN4O3. The molecule has 0 spiro atoms. The van der Waals surface area contributed by atoms with Crippen LogP contribution < -0.4 is 20.1 Å². The van der Waals surface area contributed by atoms with Gasteiger partial charge in [-0.1, -0.05) is 18.2 Å². The van der Waals surface area contributed by atoms with Crippen LogP contribution in [0.2, 0.25) is 0 Å². The monoisotopic (exact) mass is 396 g/mol. The Labute approximate surface area is 167 Å². The molecule has 3 rings (SSSR count). The summed E-state index contributed by atoms with van der Waals surface area (Å²) < 4.78 is 24.1. The Morgan fingerprint density at radius 3 is 2.52 bits per heavy atom. The Morgan fingerprint density at radius 1 is 1.03 bits per heavy atom. The summed E-state index contributed by atoms with van der Waals surface area (Å²) >= 11 is 0. The number of carbonyl (C=O) groups excluding carboxylic acids is 1. The number of ether oxygens (including phenoxy) is 2. The van der Waals surface area contributed by atoms with Gasteiger partial charge in [0.05, 0.1) is 26.6 Å². The minimum absolute atomic E-state index is 0.177. The van der Waals surface area contributed by atoms with Gasteiger partial charge in [-0.15, -0.1) is 0 Å². The molecule has 0 bridgehead atoms. The fourth-order valence-electron chi connectivity index (χ4n) is 2.67. The van der Waals surface area contributed by atoms with Crippen molar-refractivity contribution in [1.29, 1.82) is 0 Å². The fourth-order valence-corrected chi connectivity index (χ4v) is 2.67. The van der Waals surface area contributed by atoms with Gasteiger partial charge in [0, 0.05) is 18.3 Å². The number of methoxy groups -OCH3 is 2. The van der Waals surface area contributed by atoms with E-state index in [0.717, 1.165) is 5.69 Å². The lowest BCUT2D eigenvalue weighted by Gasteiger charge is -2.11. The van der Waals surface area contributed by atoms with E-state index in [-0.39, 0.29) is 17.4 Å². The van der Waals surface area contributed by atoms with Crippen LogP contribution in [0.15, 0.2) is 54.9 Å². The Hall–Kier alpha value is -3.68. The lowest BCUT2D eigenvalue weighted by molar-refractivity contribution is 0.0948. The number of halogens is 1. The largest absolute Gasteiger partial charge is 0.493 e. The topological polar surface area (TPSA) is 85.4 Å². The van der Waals surface area contributed by atoms with Crippen molar-refractivity contribution < 1.29 is 18.7 Å². The molecule has 1 amide bonds. The van der Waals surface area contributed by atoms with Gasteiger partial charge in [0.1, 0.15) is 17.3 Å². The van der Waals surface area contributed by atoms with Crippen molar-refractivity contribution in [3.63, 3.8) is 0 Å². The molecule has 2 aromatic carbocycles. The second kappa shape index (κ2) is 9.50. The number of hydrogen-bond donors (Lipinski definition) is 2. The molecule has 1 aromatic heterocycles. The Morgan fingerprint density at radius 2 is 1.83 bits per heavy atom. The highest BCUT2D eigenvalue weighted by atomic mass is 19.1. The summed E-state index contributed by atoms with van der Waals surface area (Å²) in [7, 11) is 3.12. The van der Waals surface area contributed by atoms with E-state index in [1.807, 2.05) is 6.07 Å². The quantitative estimate of drug-likeness (QED) is 0.607. The van der Waals surface area contributed by atoms with E-state index in [0.29, 0.717) is 35.8 Å². The van der Waals surface area contributed by atoms with E-state index in [4.69, 9.17) is 9.47 Å². The van der Waals surface area contributed by atoms with Crippen LogP contribution in [0.5, 0.6) is 11.5 Å². The molecule has 0 aliphatic carbocycles. The molecule has 2 N–H and O–H groups in total. The number of aromatic nitrogens is 2. The van der Waals surface area contributed by atoms with Crippen molar-refractivity contribution >= 4 is 17.4 Å². The molecule has 29 heavy (non-hydrogen) atoms. The molecule has 0 saturated carbocycles. The van der Waals surface area contributed by atoms with Crippen LogP contribution in [0.3, 0.4) is 0 Å². The first-order valence-corrected chi connectivity index (χ1v) is 8.93. The highest BCUT2D eigenvalue weighted by Gasteiger charge is 2.09. The smallest absolute Gasteiger partial charge is 0.271 e. The number of hydrogen-bond acceptors (Lipinski definition) is 6. The van der Waals surface area contributed by atoms with E-state index >= 15 is 0 Å². The SMILES string of the molecule is COc1ccc(Nc2cnc(C(=O)NCCc3ccccc3F)cn2)cc1OC. The fraction of sp³-hybridized carbons (Fsp3) is 0.190. The number of amides is 1. The molecule has 0 fully saturated rings. The third kappa shape index (κ3) is 5.19. The van der Waals surface area contributed by atoms with Gasteiger partial charge in [-0.25, -0.2) is 14.4 Å². The number of rotatable bonds is 8. The van der Waals surface area contributed by atoms with Crippen LogP contribution in [0.25, 0.3) is 0 Å². The van der Waals surface area contributed by atoms with Crippen LogP contribution in [0, 0.1) is 5.82 Å². The highest BCUT2D eigenvalue weighted by molar-refractivity contribution is 5.92. The Kier molecular flexibility index (Phi) is 6.57. The van der Waals surface area contributed by atoms with Gasteiger partial charge in [-0.2, -0.15) is 0 Å². The van der Waals surface area contributed by atoms with Crippen LogP contribution in [-0.4, -0.2) is 36.6 Å². The summed E-state index contributed by atoms with van der Waals surface area (Å²) in [6.45, 7) is 0.299. The average Bonchev–Trinajstić information content (AvgIpc) is 2.75. The summed E-state index contributed by atoms with van der Waals surface area (Å²) in [6, 6.07) is 11.8. The first-order chi connectivity index (χ1) is 14.1. The van der Waals surface area contributed by atoms with Crippen LogP contribution >= 0.6 is 0 Å². The second-order valence-electron chi connectivity index (χ2n) is 6.08. The first-order valence-electron chi connectivity index (χ1n) is 8.93. The van der Waals surface area contributed by atoms with Gasteiger partial charge in [-0.05, 0) is 30.2 Å². The molecule has 0 unspecified atom stereocenters. The van der Waals surface area contributed by atoms with Crippen LogP contribution in [0.4, 0.5) is 15.9 Å². The highest BCUT2D eigenvalue weighted by Crippen LogP contribution is 2.30. The number of anilines is 2. The zero-order chi connectivity index (χ0) is 20.6. The molecule has 3 aromatic rings. The summed E-state index contributed by atoms with van der Waals surface area (Å²) in [4.78, 5) is 20.5. The maximum atomic E-state index is 13.6. The molecule has 150 valence electrons. The maximum Gasteiger partial charge on any atom is 0.271 e. The predicted octanol–water partition coefficient (Wildman–Crippen LogP) is 3.35. The van der Waals surface area contributed by atoms with E-state index in [1.165, 1.54) is 18.5 Å². The van der Waals surface area contributed by atoms with Crippen molar-refractivity contribution in [3.8, 4) is 11.5 Å². The molecular weight excluding hydrogens is 375 g/mol. The molecule has 8 heteroatoms. The summed E-state index contributed by atoms with van der Waals surface area (Å²) in [5.41, 5.74) is 1.46. The number of benzene rings is 2. The van der Waals surface area contributed by atoms with Crippen LogP contribution in [0.1, 0.15) is 16.1 Å². The molecule has 0 radical (unpaired) electrons. The van der Waals surface area contributed by atoms with Gasteiger partial charge < -0.3 is 20.1 Å². The van der Waals surface area contributed by atoms with Crippen LogP contribution in [-0.2, 0) is 6.42 Å². The average molecular weight is 396 g/mol. The van der Waals surface area contributed by atoms with Gasteiger partial charge in [0.15, 0.2) is 11.5 Å². The van der Waals surface area contributed by atoms with Crippen molar-refractivity contribution in [1.82, 2.24) is 15.3 Å². The van der Waals surface area contributed by atoms with Gasteiger partial charge in [0.2, 0.25) is 0 Å². The Balaban J connectivity index is 1.57. The van der Waals surface area contributed by atoms with Crippen molar-refractivity contribution in [2.75, 3.05) is 26.1 Å². The summed E-state index contributed by atoms with van der Waals surface area (Å²) in [5, 5.41) is 5.80. The predicted molar refractivity (Wildman–Crippen MR) is 107 cm³/mol. The lowest BCUT2D eigenvalue weighted by atomic mass is 10.1. The molecule has 1 heterocycles. The molecule has 0 atom stereocenters. The van der Waals surface area contributed by atoms with E-state index in [2.05, 4.69) is 20.6 Å². The van der Waals surface area contributed by atoms with E-state index in [1.54, 1.807) is 44.6 Å². The Bertz CT molecular complexity index is 980. The standard InChI is InChI=1S/C21H21FN4O3/c1-28-18-8-7-15(11-19(18)29-2)26-20-13-24-17(12-25-20)21(27)23-10-9-14-5-3-4-6-16(14)22/h3-8,11-13H,9-10H2,1-2H3,(H,23,27)(H,25,26). The zero-order valence-electron chi connectivity index (χ0n) is 16.1. The molecule has 0 aliphatic heterocycles. The second-order valence-corrected chi connectivity index (χ2v) is 6.08. The third-order valence-electron chi connectivity index (χ3n) is 4.18. The van der Waals surface area contributed by atoms with E-state index in [9.17, 15) is 9.18 Å². The minimum Gasteiger partial charge on any atom is -0.493 e. The van der Waals surface area contributed by atoms with Gasteiger partial charge in [0.25, 0.3) is 5.91 Å². The maximum absolute atomic E-state index is 13.6. The number of carbonyl (C=O) groups is 1. The van der Waals surface area contributed by atoms with Gasteiger partial charge in [-0.3, -0.25) is 4.79 Å². The lowest BCUT2D eigenvalue weighted by Crippen LogP contribution is -2.26. The van der Waals surface area contributed by atoms with E-state index < -0.39 is 0 Å². The van der Waals surface area contributed by atoms with Gasteiger partial charge >= 0.3 is 0 Å². The molecule has 7 nitrogen and oxygen atoms in total. The third-order valence-corrected chi connectivity index (χ3v) is 4.18. The molecule has 0 saturated heterocycles. The van der Waals surface area contributed by atoms with Crippen molar-refractivity contribution in [2.45, 2.75) is 6.42 Å². The van der Waals surface area contributed by atoms with Crippen molar-refractivity contribution in [3.05, 3.63) is 71.9 Å². The summed E-state index contributed by atoms with van der Waals surface area (Å²) in [5.74, 6) is 1.02. The zero-order valence-corrected chi connectivity index (χ0v) is 16.1. The minimum atomic E-state index is -0.369. The summed E-state index contributed by atoms with van der Waals surface area (Å²) in [6.07, 6.45) is 3.23. The number of nitrogens with zero attached hydrogens (tertiary/aromatic N) is 2. The first kappa shape index (κ1) is 20.1. The molecule has 0 aliphatic rings.